The minimum atomic E-state index is -0.00954. The van der Waals surface area contributed by atoms with Crippen molar-refractivity contribution in [1.82, 2.24) is 24.8 Å². The van der Waals surface area contributed by atoms with E-state index in [1.165, 1.54) is 12.8 Å². The summed E-state index contributed by atoms with van der Waals surface area (Å²) in [5, 5.41) is 4.13. The zero-order valence-electron chi connectivity index (χ0n) is 15.2. The number of carbonyl (C=O) groups is 1. The Morgan fingerprint density at radius 1 is 1.12 bits per heavy atom. The average Bonchev–Trinajstić information content (AvgIpc) is 3.20. The Balaban J connectivity index is 1.29. The van der Waals surface area contributed by atoms with Gasteiger partial charge in [0.05, 0.1) is 12.6 Å². The van der Waals surface area contributed by atoms with E-state index in [9.17, 15) is 4.79 Å². The number of hydrogen-bond donors (Lipinski definition) is 0. The van der Waals surface area contributed by atoms with Crippen LogP contribution in [-0.2, 0) is 11.3 Å². The summed E-state index contributed by atoms with van der Waals surface area (Å²) >= 11 is 0. The van der Waals surface area contributed by atoms with Gasteiger partial charge in [-0.2, -0.15) is 4.98 Å². The molecule has 0 N–H and O–H groups in total. The number of nitrogens with zero attached hydrogens (tertiary/aromatic N) is 5. The van der Waals surface area contributed by atoms with Gasteiger partial charge < -0.3 is 9.42 Å². The lowest BCUT2D eigenvalue weighted by Crippen LogP contribution is -2.47. The minimum Gasteiger partial charge on any atom is -0.341 e. The average molecular weight is 347 g/mol. The molecule has 1 saturated carbocycles. The third kappa shape index (κ3) is 4.03. The van der Waals surface area contributed by atoms with Gasteiger partial charge in [-0.1, -0.05) is 5.16 Å². The van der Waals surface area contributed by atoms with E-state index in [-0.39, 0.29) is 6.04 Å². The van der Waals surface area contributed by atoms with Crippen molar-refractivity contribution in [3.05, 3.63) is 11.7 Å². The summed E-state index contributed by atoms with van der Waals surface area (Å²) in [6.07, 6.45) is 5.75. The van der Waals surface area contributed by atoms with Crippen LogP contribution in [0.4, 0.5) is 0 Å². The van der Waals surface area contributed by atoms with Crippen LogP contribution in [0.3, 0.4) is 0 Å². The minimum absolute atomic E-state index is 0.00954. The molecule has 7 nitrogen and oxygen atoms in total. The van der Waals surface area contributed by atoms with Gasteiger partial charge in [0, 0.05) is 38.6 Å². The quantitative estimate of drug-likeness (QED) is 0.803. The smallest absolute Gasteiger partial charge is 0.239 e. The molecule has 25 heavy (non-hydrogen) atoms. The number of rotatable bonds is 5. The third-order valence-corrected chi connectivity index (χ3v) is 5.72. The summed E-state index contributed by atoms with van der Waals surface area (Å²) in [4.78, 5) is 23.9. The predicted molar refractivity (Wildman–Crippen MR) is 93.0 cm³/mol. The van der Waals surface area contributed by atoms with Crippen LogP contribution in [-0.4, -0.2) is 76.1 Å². The van der Waals surface area contributed by atoms with Gasteiger partial charge in [-0.3, -0.25) is 14.6 Å². The van der Waals surface area contributed by atoms with Gasteiger partial charge in [-0.25, -0.2) is 0 Å². The van der Waals surface area contributed by atoms with Crippen molar-refractivity contribution in [1.29, 1.82) is 0 Å². The summed E-state index contributed by atoms with van der Waals surface area (Å²) < 4.78 is 5.36. The lowest BCUT2D eigenvalue weighted by Gasteiger charge is -2.30. The SMILES string of the molecule is C[C@H](C(=O)N1CCCC1)N1CCCN(Cc2noc(C3CC3)n2)CC1. The van der Waals surface area contributed by atoms with Gasteiger partial charge in [0.2, 0.25) is 11.8 Å². The fraction of sp³-hybridized carbons (Fsp3) is 0.833. The first kappa shape index (κ1) is 17.0. The first-order chi connectivity index (χ1) is 12.2. The Morgan fingerprint density at radius 3 is 2.68 bits per heavy atom. The molecule has 1 aromatic rings. The van der Waals surface area contributed by atoms with Crippen LogP contribution in [0, 0.1) is 0 Å². The first-order valence-electron chi connectivity index (χ1n) is 9.78. The molecule has 2 saturated heterocycles. The van der Waals surface area contributed by atoms with Crippen molar-refractivity contribution in [2.75, 3.05) is 39.3 Å². The van der Waals surface area contributed by atoms with Crippen LogP contribution >= 0.6 is 0 Å². The fourth-order valence-corrected chi connectivity index (χ4v) is 3.92. The molecule has 2 aliphatic heterocycles. The molecule has 0 aromatic carbocycles. The molecule has 0 spiro atoms. The highest BCUT2D eigenvalue weighted by atomic mass is 16.5. The van der Waals surface area contributed by atoms with E-state index in [1.54, 1.807) is 0 Å². The molecule has 1 amide bonds. The van der Waals surface area contributed by atoms with E-state index in [4.69, 9.17) is 4.52 Å². The summed E-state index contributed by atoms with van der Waals surface area (Å²) in [6.45, 7) is 8.56. The Bertz CT molecular complexity index is 594. The van der Waals surface area contributed by atoms with Crippen LogP contribution < -0.4 is 0 Å². The van der Waals surface area contributed by atoms with Crippen LogP contribution in [0.1, 0.15) is 56.7 Å². The van der Waals surface area contributed by atoms with Gasteiger partial charge in [-0.15, -0.1) is 0 Å². The zero-order chi connectivity index (χ0) is 17.2. The van der Waals surface area contributed by atoms with Crippen molar-refractivity contribution >= 4 is 5.91 Å². The van der Waals surface area contributed by atoms with E-state index < -0.39 is 0 Å². The standard InChI is InChI=1S/C18H29N5O2/c1-14(18(24)23-8-2-3-9-23)22-10-4-7-21(11-12-22)13-16-19-17(25-20-16)15-5-6-15/h14-15H,2-13H2,1H3/t14-/m1/s1. The number of hydrogen-bond acceptors (Lipinski definition) is 6. The largest absolute Gasteiger partial charge is 0.341 e. The Hall–Kier alpha value is -1.47. The van der Waals surface area contributed by atoms with Crippen LogP contribution in [0.2, 0.25) is 0 Å². The highest BCUT2D eigenvalue weighted by molar-refractivity contribution is 5.81. The maximum Gasteiger partial charge on any atom is 0.239 e. The molecule has 1 atom stereocenters. The van der Waals surface area contributed by atoms with E-state index >= 15 is 0 Å². The molecular formula is C18H29N5O2. The van der Waals surface area contributed by atoms with Crippen LogP contribution in [0.25, 0.3) is 0 Å². The van der Waals surface area contributed by atoms with E-state index in [0.29, 0.717) is 11.8 Å². The Kier molecular flexibility index (Phi) is 5.03. The molecular weight excluding hydrogens is 318 g/mol. The van der Waals surface area contributed by atoms with Crippen molar-refractivity contribution in [2.45, 2.75) is 57.5 Å². The number of amides is 1. The number of aromatic nitrogens is 2. The van der Waals surface area contributed by atoms with Crippen molar-refractivity contribution in [3.8, 4) is 0 Å². The molecule has 0 bridgehead atoms. The topological polar surface area (TPSA) is 65.7 Å². The molecule has 7 heteroatoms. The molecule has 1 aromatic heterocycles. The molecule has 3 aliphatic rings. The highest BCUT2D eigenvalue weighted by Crippen LogP contribution is 2.38. The second kappa shape index (κ2) is 7.41. The van der Waals surface area contributed by atoms with Crippen molar-refractivity contribution in [3.63, 3.8) is 0 Å². The first-order valence-corrected chi connectivity index (χ1v) is 9.78. The summed E-state index contributed by atoms with van der Waals surface area (Å²) in [5.41, 5.74) is 0. The van der Waals surface area contributed by atoms with E-state index in [2.05, 4.69) is 26.9 Å². The summed E-state index contributed by atoms with van der Waals surface area (Å²) in [5.74, 6) is 2.43. The van der Waals surface area contributed by atoms with Gasteiger partial charge in [0.1, 0.15) is 0 Å². The van der Waals surface area contributed by atoms with Gasteiger partial charge in [0.15, 0.2) is 5.82 Å². The second-order valence-corrected chi connectivity index (χ2v) is 7.70. The van der Waals surface area contributed by atoms with E-state index in [0.717, 1.165) is 76.8 Å². The maximum atomic E-state index is 12.6. The van der Waals surface area contributed by atoms with E-state index in [1.807, 2.05) is 4.90 Å². The predicted octanol–water partition coefficient (Wildman–Crippen LogP) is 1.47. The normalized spacial score (nSPS) is 24.4. The van der Waals surface area contributed by atoms with Gasteiger partial charge in [-0.05, 0) is 45.6 Å². The second-order valence-electron chi connectivity index (χ2n) is 7.70. The Morgan fingerprint density at radius 2 is 1.92 bits per heavy atom. The molecule has 3 heterocycles. The zero-order valence-corrected chi connectivity index (χ0v) is 15.2. The van der Waals surface area contributed by atoms with Gasteiger partial charge in [0.25, 0.3) is 0 Å². The van der Waals surface area contributed by atoms with Gasteiger partial charge >= 0.3 is 0 Å². The summed E-state index contributed by atoms with van der Waals surface area (Å²) in [6, 6.07) is -0.00954. The van der Waals surface area contributed by atoms with Crippen LogP contribution in [0.5, 0.6) is 0 Å². The van der Waals surface area contributed by atoms with Crippen molar-refractivity contribution in [2.24, 2.45) is 0 Å². The van der Waals surface area contributed by atoms with Crippen molar-refractivity contribution < 1.29 is 9.32 Å². The molecule has 0 unspecified atom stereocenters. The maximum absolute atomic E-state index is 12.6. The molecule has 0 radical (unpaired) electrons. The summed E-state index contributed by atoms with van der Waals surface area (Å²) in [7, 11) is 0. The monoisotopic (exact) mass is 347 g/mol. The molecule has 138 valence electrons. The highest BCUT2D eigenvalue weighted by Gasteiger charge is 2.31. The van der Waals surface area contributed by atoms with Crippen LogP contribution in [0.15, 0.2) is 4.52 Å². The fourth-order valence-electron chi connectivity index (χ4n) is 3.92. The number of likely N-dealkylation sites (tertiary alicyclic amines) is 1. The molecule has 3 fully saturated rings. The lowest BCUT2D eigenvalue weighted by molar-refractivity contribution is -0.135. The number of carbonyl (C=O) groups excluding carboxylic acids is 1. The molecule has 1 aliphatic carbocycles. The lowest BCUT2D eigenvalue weighted by atomic mass is 10.2. The third-order valence-electron chi connectivity index (χ3n) is 5.72. The Labute approximate surface area is 149 Å². The molecule has 4 rings (SSSR count).